The lowest BCUT2D eigenvalue weighted by atomic mass is 9.81. The number of sulfone groups is 1. The molecule has 1 saturated carbocycles. The molecule has 26 nitrogen and oxygen atoms in total. The van der Waals surface area contributed by atoms with E-state index in [2.05, 4.69) is 60.9 Å². The normalized spacial score (nSPS) is 16.2. The number of fused-ring (bicyclic) bond motifs is 3. The van der Waals surface area contributed by atoms with Crippen molar-refractivity contribution in [3.63, 3.8) is 0 Å². The maximum atomic E-state index is 14.5. The Kier molecular flexibility index (Phi) is 32.2. The fourth-order valence-electron chi connectivity index (χ4n) is 10.1. The van der Waals surface area contributed by atoms with E-state index < -0.39 is 86.3 Å². The average Bonchev–Trinajstić information content (AvgIpc) is 1.38. The number of benzene rings is 4. The number of ketones is 3. The number of aryl methyl sites for hydroxylation is 2. The Bertz CT molecular complexity index is 3990. The number of para-hydroxylation sites is 3. The number of methoxy groups -OCH3 is 1. The second-order valence-electron chi connectivity index (χ2n) is 23.6. The number of Topliss-reactive ketones (excluding diaryl/α,β-unsaturated/α-hetero) is 3. The molecular weight excluding hydrogens is 1420 g/mol. The van der Waals surface area contributed by atoms with Crippen molar-refractivity contribution in [2.75, 3.05) is 91.9 Å². The molecule has 4 aromatic carbocycles. The first kappa shape index (κ1) is 83.3. The molecule has 4 aliphatic rings. The minimum absolute atomic E-state index is 0.0223. The third-order valence-electron chi connectivity index (χ3n) is 14.3. The lowest BCUT2D eigenvalue weighted by Crippen LogP contribution is -2.47. The van der Waals surface area contributed by atoms with Crippen molar-refractivity contribution in [2.45, 2.75) is 102 Å². The minimum atomic E-state index is -4.35. The van der Waals surface area contributed by atoms with Crippen molar-refractivity contribution in [2.24, 2.45) is 16.3 Å². The number of aromatic nitrogens is 2. The zero-order chi connectivity index (χ0) is 73.7. The molecule has 3 N–H and O–H groups in total. The Hall–Kier alpha value is -7.14. The number of nitro benzene ring substituents is 1. The topological polar surface area (TPSA) is 357 Å². The third kappa shape index (κ3) is 24.1. The first-order chi connectivity index (χ1) is 45.8. The van der Waals surface area contributed by atoms with Gasteiger partial charge in [0, 0.05) is 62.8 Å². The number of terminal acetylenes is 1. The molecule has 3 atom stereocenters. The molecule has 1 aromatic heterocycles. The van der Waals surface area contributed by atoms with E-state index in [1.54, 1.807) is 16.9 Å². The molecule has 3 unspecified atom stereocenters. The van der Waals surface area contributed by atoms with Crippen LogP contribution in [0.2, 0.25) is 0 Å². The number of hydrogen-bond donors (Lipinski definition) is 3. The first-order valence-electron chi connectivity index (χ1n) is 29.9. The van der Waals surface area contributed by atoms with Gasteiger partial charge in [-0.15, -0.1) is 18.0 Å². The van der Waals surface area contributed by atoms with Crippen LogP contribution in [0, 0.1) is 46.5 Å². The summed E-state index contributed by atoms with van der Waals surface area (Å²) >= 11 is 18.3. The number of carboxylic acid groups (broad SMARTS) is 1. The van der Waals surface area contributed by atoms with Gasteiger partial charge in [-0.25, -0.2) is 17.8 Å². The van der Waals surface area contributed by atoms with Gasteiger partial charge in [-0.2, -0.15) is 4.37 Å². The fourth-order valence-corrected chi connectivity index (χ4v) is 12.2. The van der Waals surface area contributed by atoms with Gasteiger partial charge in [0.2, 0.25) is 10.7 Å². The molecule has 0 saturated heterocycles. The Morgan fingerprint density at radius 2 is 1.68 bits per heavy atom. The molecule has 3 amide bonds. The number of nitrogens with one attached hydrogen (secondary N) is 1. The lowest BCUT2D eigenvalue weighted by Gasteiger charge is -2.35. The molecule has 5 aromatic rings. The largest absolute Gasteiger partial charge is 0.778 e. The third-order valence-corrected chi connectivity index (χ3v) is 17.4. The maximum Gasteiger partial charge on any atom is 0.317 e. The van der Waals surface area contributed by atoms with E-state index >= 15 is 0 Å². The second-order valence-corrected chi connectivity index (χ2v) is 31.7. The van der Waals surface area contributed by atoms with Crippen LogP contribution in [0.4, 0.5) is 32.8 Å². The van der Waals surface area contributed by atoms with Gasteiger partial charge in [0.15, 0.2) is 44.4 Å². The summed E-state index contributed by atoms with van der Waals surface area (Å²) in [5, 5.41) is 21.1. The van der Waals surface area contributed by atoms with Crippen LogP contribution < -0.4 is 39.2 Å². The lowest BCUT2D eigenvalue weighted by molar-refractivity contribution is -0.385. The number of alkyl halides is 3. The summed E-state index contributed by atoms with van der Waals surface area (Å²) in [4.78, 5) is 119. The SMILES string of the molecule is C#CCN1C(=O)COc2cc(F)c(/N=c3\snc4n3CC(C)(C)C4)cc21.CC1COc2ccccc2N1C(=O)C(Cl)Cl.CCc1cccc(C)c1N(C(=O)CCl)C(C)COC.CS(=O)(=O)c1ccc(C(=O)C2C(=O)CCCC2=O)c([N+](=O)[O-])c1.C[S+](C)C.O=C(O)CNCP(=O)([O-])O. The van der Waals surface area contributed by atoms with Gasteiger partial charge in [-0.3, -0.25) is 53.9 Å². The van der Waals surface area contributed by atoms with Crippen LogP contribution >= 0.6 is 53.9 Å². The van der Waals surface area contributed by atoms with E-state index in [4.69, 9.17) is 65.4 Å². The number of halogens is 4. The number of anilines is 3. The summed E-state index contributed by atoms with van der Waals surface area (Å²) < 4.78 is 69.9. The van der Waals surface area contributed by atoms with Gasteiger partial charge in [0.1, 0.15) is 49.0 Å². The van der Waals surface area contributed by atoms with Crippen molar-refractivity contribution < 1.29 is 85.0 Å². The van der Waals surface area contributed by atoms with Crippen LogP contribution in [0.25, 0.3) is 0 Å². The monoisotopic (exact) mass is 1500 g/mol. The number of hydrogen-bond acceptors (Lipinski definition) is 20. The Morgan fingerprint density at radius 3 is 2.24 bits per heavy atom. The highest BCUT2D eigenvalue weighted by atomic mass is 35.5. The molecule has 9 rings (SSSR count). The summed E-state index contributed by atoms with van der Waals surface area (Å²) in [6, 6.07) is 18.9. The van der Waals surface area contributed by atoms with Crippen LogP contribution in [0.5, 0.6) is 11.5 Å². The van der Waals surface area contributed by atoms with Crippen LogP contribution in [-0.4, -0.2) is 167 Å². The van der Waals surface area contributed by atoms with Gasteiger partial charge in [0.25, 0.3) is 17.5 Å². The highest BCUT2D eigenvalue weighted by molar-refractivity contribution is 7.94. The highest BCUT2D eigenvalue weighted by Crippen LogP contribution is 2.39. The molecule has 0 radical (unpaired) electrons. The van der Waals surface area contributed by atoms with E-state index in [0.29, 0.717) is 52.5 Å². The van der Waals surface area contributed by atoms with E-state index in [9.17, 15) is 65.9 Å². The second kappa shape index (κ2) is 37.9. The molecule has 98 heavy (non-hydrogen) atoms. The molecule has 0 bridgehead atoms. The molecule has 34 heteroatoms. The fraction of sp³-hybridized carbons (Fsp3) is 0.453. The quantitative estimate of drug-likeness (QED) is 0.0117. The van der Waals surface area contributed by atoms with Crippen molar-refractivity contribution in [1.82, 2.24) is 14.3 Å². The average molecular weight is 1500 g/mol. The van der Waals surface area contributed by atoms with E-state index in [0.717, 1.165) is 72.2 Å². The van der Waals surface area contributed by atoms with Gasteiger partial charge >= 0.3 is 5.97 Å². The summed E-state index contributed by atoms with van der Waals surface area (Å²) in [5.74, 6) is -1.60. The smallest absolute Gasteiger partial charge is 0.317 e. The predicted octanol–water partition coefficient (Wildman–Crippen LogP) is 7.80. The van der Waals surface area contributed by atoms with Crippen molar-refractivity contribution in [1.29, 1.82) is 0 Å². The van der Waals surface area contributed by atoms with E-state index in [-0.39, 0.29) is 77.7 Å². The van der Waals surface area contributed by atoms with Crippen LogP contribution in [-0.2, 0) is 78.2 Å². The number of carbonyl (C=O) groups is 7. The zero-order valence-corrected chi connectivity index (χ0v) is 61.4. The predicted molar refractivity (Wildman–Crippen MR) is 374 cm³/mol. The van der Waals surface area contributed by atoms with Gasteiger partial charge in [-0.05, 0) is 91.4 Å². The number of rotatable bonds is 17. The molecule has 0 spiro atoms. The van der Waals surface area contributed by atoms with Gasteiger partial charge < -0.3 is 48.0 Å². The Morgan fingerprint density at radius 1 is 1.04 bits per heavy atom. The van der Waals surface area contributed by atoms with Crippen molar-refractivity contribution in [3.8, 4) is 23.8 Å². The van der Waals surface area contributed by atoms with Crippen molar-refractivity contribution in [3.05, 3.63) is 116 Å². The Labute approximate surface area is 589 Å². The number of amides is 3. The van der Waals surface area contributed by atoms with Gasteiger partial charge in [-0.1, -0.05) is 80.2 Å². The molecular formula is C64H79Cl3FN8O18PS3. The van der Waals surface area contributed by atoms with Crippen LogP contribution in [0.15, 0.2) is 82.7 Å². The number of carbonyl (C=O) groups excluding carboxylic acids is 6. The zero-order valence-electron chi connectivity index (χ0n) is 55.7. The number of nitrogens with zero attached hydrogens (tertiary/aromatic N) is 7. The van der Waals surface area contributed by atoms with E-state index in [1.807, 2.05) is 67.1 Å². The molecule has 3 aliphatic heterocycles. The van der Waals surface area contributed by atoms with Crippen molar-refractivity contribution >= 4 is 144 Å². The maximum absolute atomic E-state index is 14.5. The summed E-state index contributed by atoms with van der Waals surface area (Å²) in [5.41, 5.74) is 3.44. The summed E-state index contributed by atoms with van der Waals surface area (Å²) in [7, 11) is -5.77. The molecule has 1 fully saturated rings. The Balaban J connectivity index is 0.000000264. The minimum Gasteiger partial charge on any atom is -0.778 e. The number of carboxylic acids is 1. The van der Waals surface area contributed by atoms with Crippen LogP contribution in [0.3, 0.4) is 0 Å². The number of nitro groups is 1. The molecule has 1 aliphatic carbocycles. The number of ether oxygens (including phenoxy) is 3. The standard InChI is InChI=1S/C18H17FN4O2S.C15H22ClNO2.C14H13NO7S.C11H11Cl2NO2.C3H8NO5P.C3H9S/c1-4-5-22-13-7-12(11(19)6-14(13)25-9-16(22)24)20-17-23-10-18(2,3)8-15(23)21-26-17;1-5-13-8-6-7-11(2)15(13)17(14(18)9-16)12(3)10-19-4;1-23(21,22)8-5-6-9(10(7-8)15(19)20)14(18)13-11(16)3-2-4-12(13)17;1-7-6-16-9-5-3-2-4-8(9)14(7)11(15)10(12)13;5-3(6)1-4-2-10(7,8)9;1-4(2)3/h1,6-7H,5,8-10H2,2-3H3;6-8,12H,5,9-10H2,1-4H3;5-7,13H,2-4H2,1H3;2-5,7,10H,6H2,1H3;4H,1-2H2,(H,5,6)(H2,7,8,9);1-3H3/q;;;;;+1/p-1/b20-17-;;;;;. The van der Waals surface area contributed by atoms with Gasteiger partial charge in [0.05, 0.1) is 89.3 Å². The molecule has 4 heterocycles. The first-order valence-corrected chi connectivity index (χ1v) is 38.2. The highest BCUT2D eigenvalue weighted by Gasteiger charge is 2.40. The molecule has 534 valence electrons. The number of aliphatic carboxylic acids is 1. The van der Waals surface area contributed by atoms with Crippen LogP contribution in [0.1, 0.15) is 81.2 Å². The summed E-state index contributed by atoms with van der Waals surface area (Å²) in [6.45, 7) is 13.5. The summed E-state index contributed by atoms with van der Waals surface area (Å²) in [6.07, 6.45) is 14.3. The van der Waals surface area contributed by atoms with E-state index in [1.165, 1.54) is 28.6 Å².